The highest BCUT2D eigenvalue weighted by molar-refractivity contribution is 5.53. The van der Waals surface area contributed by atoms with Gasteiger partial charge in [-0.2, -0.15) is 4.98 Å². The minimum absolute atomic E-state index is 0.469. The summed E-state index contributed by atoms with van der Waals surface area (Å²) in [6.07, 6.45) is 5.41. The SMILES string of the molecule is CC(C)COc1nc(NCCC2CCC2)ccc1N. The van der Waals surface area contributed by atoms with E-state index in [-0.39, 0.29) is 0 Å². The van der Waals surface area contributed by atoms with Crippen LogP contribution < -0.4 is 15.8 Å². The van der Waals surface area contributed by atoms with Gasteiger partial charge in [-0.1, -0.05) is 33.1 Å². The number of hydrogen-bond donors (Lipinski definition) is 2. The van der Waals surface area contributed by atoms with Crippen molar-refractivity contribution >= 4 is 11.5 Å². The quantitative estimate of drug-likeness (QED) is 0.792. The normalized spacial score (nSPS) is 15.3. The Bertz CT molecular complexity index is 402. The Kier molecular flexibility index (Phi) is 4.88. The summed E-state index contributed by atoms with van der Waals surface area (Å²) in [5, 5.41) is 3.35. The van der Waals surface area contributed by atoms with Gasteiger partial charge in [0.05, 0.1) is 12.3 Å². The van der Waals surface area contributed by atoms with E-state index >= 15 is 0 Å². The Morgan fingerprint density at radius 1 is 1.42 bits per heavy atom. The van der Waals surface area contributed by atoms with Crippen molar-refractivity contribution in [3.8, 4) is 5.88 Å². The first-order valence-corrected chi connectivity index (χ1v) is 7.28. The monoisotopic (exact) mass is 263 g/mol. The highest BCUT2D eigenvalue weighted by atomic mass is 16.5. The van der Waals surface area contributed by atoms with Crippen LogP contribution in [0.1, 0.15) is 39.5 Å². The van der Waals surface area contributed by atoms with Gasteiger partial charge in [-0.15, -0.1) is 0 Å². The number of aromatic nitrogens is 1. The predicted octanol–water partition coefficient (Wildman–Crippen LogP) is 3.30. The van der Waals surface area contributed by atoms with Crippen LogP contribution in [0.3, 0.4) is 0 Å². The second kappa shape index (κ2) is 6.64. The lowest BCUT2D eigenvalue weighted by atomic mass is 9.83. The molecular formula is C15H25N3O. The maximum atomic E-state index is 5.87. The van der Waals surface area contributed by atoms with Crippen LogP contribution in [0.15, 0.2) is 12.1 Å². The van der Waals surface area contributed by atoms with Gasteiger partial charge in [0.25, 0.3) is 0 Å². The van der Waals surface area contributed by atoms with Crippen LogP contribution in [0.4, 0.5) is 11.5 Å². The Balaban J connectivity index is 1.83. The van der Waals surface area contributed by atoms with Crippen LogP contribution in [0.5, 0.6) is 5.88 Å². The molecule has 1 aliphatic rings. The molecule has 3 N–H and O–H groups in total. The van der Waals surface area contributed by atoms with Crippen molar-refractivity contribution in [1.82, 2.24) is 4.98 Å². The number of pyridine rings is 1. The van der Waals surface area contributed by atoms with Gasteiger partial charge >= 0.3 is 0 Å². The largest absolute Gasteiger partial charge is 0.476 e. The molecule has 0 bridgehead atoms. The summed E-state index contributed by atoms with van der Waals surface area (Å²) in [6.45, 7) is 5.84. The molecule has 1 aromatic rings. The average Bonchev–Trinajstić information content (AvgIpc) is 2.32. The average molecular weight is 263 g/mol. The highest BCUT2D eigenvalue weighted by Crippen LogP contribution is 2.29. The molecule has 19 heavy (non-hydrogen) atoms. The van der Waals surface area contributed by atoms with Crippen molar-refractivity contribution < 1.29 is 4.74 Å². The van der Waals surface area contributed by atoms with Crippen molar-refractivity contribution in [3.63, 3.8) is 0 Å². The van der Waals surface area contributed by atoms with Crippen LogP contribution >= 0.6 is 0 Å². The van der Waals surface area contributed by atoms with E-state index in [0.717, 1.165) is 18.3 Å². The number of hydrogen-bond acceptors (Lipinski definition) is 4. The Labute approximate surface area is 115 Å². The summed E-state index contributed by atoms with van der Waals surface area (Å²) in [5.74, 6) is 2.78. The molecule has 0 spiro atoms. The number of anilines is 2. The van der Waals surface area contributed by atoms with E-state index < -0.39 is 0 Å². The molecular weight excluding hydrogens is 238 g/mol. The zero-order chi connectivity index (χ0) is 13.7. The minimum atomic E-state index is 0.469. The highest BCUT2D eigenvalue weighted by Gasteiger charge is 2.16. The smallest absolute Gasteiger partial charge is 0.239 e. The number of nitrogens with zero attached hydrogens (tertiary/aromatic N) is 1. The molecule has 0 aliphatic heterocycles. The van der Waals surface area contributed by atoms with Gasteiger partial charge in [-0.05, 0) is 30.4 Å². The molecule has 1 heterocycles. The molecule has 0 unspecified atom stereocenters. The fraction of sp³-hybridized carbons (Fsp3) is 0.667. The second-order valence-corrected chi connectivity index (χ2v) is 5.81. The summed E-state index contributed by atoms with van der Waals surface area (Å²) in [7, 11) is 0. The van der Waals surface area contributed by atoms with Crippen molar-refractivity contribution in [1.29, 1.82) is 0 Å². The predicted molar refractivity (Wildman–Crippen MR) is 79.4 cm³/mol. The minimum Gasteiger partial charge on any atom is -0.476 e. The first kappa shape index (κ1) is 14.0. The Hall–Kier alpha value is -1.45. The molecule has 0 saturated heterocycles. The summed E-state index contributed by atoms with van der Waals surface area (Å²) < 4.78 is 5.62. The third kappa shape index (κ3) is 4.30. The molecule has 0 atom stereocenters. The maximum absolute atomic E-state index is 5.87. The van der Waals surface area contributed by atoms with E-state index in [2.05, 4.69) is 24.1 Å². The van der Waals surface area contributed by atoms with Crippen molar-refractivity contribution in [2.45, 2.75) is 39.5 Å². The van der Waals surface area contributed by atoms with Gasteiger partial charge < -0.3 is 15.8 Å². The molecule has 1 aliphatic carbocycles. The van der Waals surface area contributed by atoms with Crippen molar-refractivity contribution in [3.05, 3.63) is 12.1 Å². The molecule has 0 aromatic carbocycles. The second-order valence-electron chi connectivity index (χ2n) is 5.81. The Morgan fingerprint density at radius 2 is 2.21 bits per heavy atom. The molecule has 4 heteroatoms. The summed E-state index contributed by atoms with van der Waals surface area (Å²) >= 11 is 0. The zero-order valence-corrected chi connectivity index (χ0v) is 12.0. The van der Waals surface area contributed by atoms with Gasteiger partial charge in [0.2, 0.25) is 5.88 Å². The third-order valence-corrected chi connectivity index (χ3v) is 3.53. The molecule has 0 amide bonds. The van der Waals surface area contributed by atoms with E-state index in [1.54, 1.807) is 0 Å². The van der Waals surface area contributed by atoms with E-state index in [9.17, 15) is 0 Å². The van der Waals surface area contributed by atoms with Crippen molar-refractivity contribution in [2.75, 3.05) is 24.2 Å². The van der Waals surface area contributed by atoms with Gasteiger partial charge in [0.15, 0.2) is 0 Å². The number of ether oxygens (including phenoxy) is 1. The number of rotatable bonds is 7. The number of nitrogens with two attached hydrogens (primary N) is 1. The lowest BCUT2D eigenvalue weighted by molar-refractivity contribution is 0.263. The number of nitrogens with one attached hydrogen (secondary N) is 1. The van der Waals surface area contributed by atoms with Crippen LogP contribution in [0.25, 0.3) is 0 Å². The van der Waals surface area contributed by atoms with E-state index in [1.807, 2.05) is 12.1 Å². The first-order valence-electron chi connectivity index (χ1n) is 7.28. The van der Waals surface area contributed by atoms with Crippen LogP contribution in [0.2, 0.25) is 0 Å². The summed E-state index contributed by atoms with van der Waals surface area (Å²) in [5.41, 5.74) is 6.47. The van der Waals surface area contributed by atoms with Crippen LogP contribution in [-0.4, -0.2) is 18.1 Å². The molecule has 106 valence electrons. The summed E-state index contributed by atoms with van der Waals surface area (Å²) in [4.78, 5) is 4.43. The molecule has 1 fully saturated rings. The lowest BCUT2D eigenvalue weighted by Crippen LogP contribution is -2.16. The maximum Gasteiger partial charge on any atom is 0.239 e. The van der Waals surface area contributed by atoms with E-state index in [1.165, 1.54) is 25.7 Å². The van der Waals surface area contributed by atoms with E-state index in [0.29, 0.717) is 24.1 Å². The number of nitrogen functional groups attached to an aromatic ring is 1. The zero-order valence-electron chi connectivity index (χ0n) is 12.0. The van der Waals surface area contributed by atoms with Gasteiger partial charge in [-0.25, -0.2) is 0 Å². The van der Waals surface area contributed by atoms with Gasteiger partial charge in [0, 0.05) is 6.54 Å². The molecule has 4 nitrogen and oxygen atoms in total. The van der Waals surface area contributed by atoms with Gasteiger partial charge in [0.1, 0.15) is 5.82 Å². The third-order valence-electron chi connectivity index (χ3n) is 3.53. The lowest BCUT2D eigenvalue weighted by Gasteiger charge is -2.25. The van der Waals surface area contributed by atoms with E-state index in [4.69, 9.17) is 10.5 Å². The first-order chi connectivity index (χ1) is 9.15. The Morgan fingerprint density at radius 3 is 2.84 bits per heavy atom. The summed E-state index contributed by atoms with van der Waals surface area (Å²) in [6, 6.07) is 3.77. The molecule has 0 radical (unpaired) electrons. The van der Waals surface area contributed by atoms with Crippen molar-refractivity contribution in [2.24, 2.45) is 11.8 Å². The standard InChI is InChI=1S/C15H25N3O/c1-11(2)10-19-15-13(16)6-7-14(18-15)17-9-8-12-4-3-5-12/h6-7,11-12H,3-5,8-10,16H2,1-2H3,(H,17,18). The van der Waals surface area contributed by atoms with Crippen LogP contribution in [0, 0.1) is 11.8 Å². The fourth-order valence-corrected chi connectivity index (χ4v) is 2.10. The van der Waals surface area contributed by atoms with Gasteiger partial charge in [-0.3, -0.25) is 0 Å². The fourth-order valence-electron chi connectivity index (χ4n) is 2.10. The molecule has 1 aromatic heterocycles. The molecule has 2 rings (SSSR count). The van der Waals surface area contributed by atoms with Crippen LogP contribution in [-0.2, 0) is 0 Å². The molecule has 1 saturated carbocycles. The topological polar surface area (TPSA) is 60.2 Å².